The van der Waals surface area contributed by atoms with Crippen LogP contribution in [0, 0.1) is 0 Å². The molecule has 0 atom stereocenters. The summed E-state index contributed by atoms with van der Waals surface area (Å²) in [5, 5.41) is 0. The number of benzene rings is 2. The normalized spacial score (nSPS) is 12.6. The average Bonchev–Trinajstić information content (AvgIpc) is 2.74. The molecule has 5 nitrogen and oxygen atoms in total. The Bertz CT molecular complexity index is 856. The molecule has 1 aliphatic carbocycles. The predicted octanol–water partition coefficient (Wildman–Crippen LogP) is 1.70. The molecular formula is C15H13NO4S. The zero-order valence-corrected chi connectivity index (χ0v) is 12.1. The Morgan fingerprint density at radius 2 is 1.95 bits per heavy atom. The number of fused-ring (bicyclic) bond motifs is 3. The molecule has 0 unspecified atom stereocenters. The smallest absolute Gasteiger partial charge is 0.306 e. The van der Waals surface area contributed by atoms with E-state index in [9.17, 15) is 13.2 Å². The molecule has 0 radical (unpaired) electrons. The van der Waals surface area contributed by atoms with E-state index in [4.69, 9.17) is 9.92 Å². The molecular weight excluding hydrogens is 290 g/mol. The van der Waals surface area contributed by atoms with Gasteiger partial charge in [-0.25, -0.2) is 0 Å². The van der Waals surface area contributed by atoms with Crippen LogP contribution in [-0.2, 0) is 16.5 Å². The summed E-state index contributed by atoms with van der Waals surface area (Å²) < 4.78 is 27.3. The van der Waals surface area contributed by atoms with Gasteiger partial charge in [-0.2, -0.15) is 8.42 Å². The third-order valence-electron chi connectivity index (χ3n) is 3.43. The maximum Gasteiger partial charge on any atom is 0.306 e. The van der Waals surface area contributed by atoms with Gasteiger partial charge < -0.3 is 9.92 Å². The monoisotopic (exact) mass is 303 g/mol. The Labute approximate surface area is 122 Å². The van der Waals surface area contributed by atoms with E-state index in [1.165, 1.54) is 0 Å². The lowest BCUT2D eigenvalue weighted by atomic mass is 10.0. The molecule has 0 aliphatic heterocycles. The summed E-state index contributed by atoms with van der Waals surface area (Å²) in [4.78, 5) is 11.5. The van der Waals surface area contributed by atoms with Crippen LogP contribution in [-0.4, -0.2) is 20.6 Å². The first-order valence-corrected chi connectivity index (χ1v) is 8.11. The Morgan fingerprint density at radius 3 is 2.62 bits per heavy atom. The second-order valence-corrected chi connectivity index (χ2v) is 6.55. The highest BCUT2D eigenvalue weighted by Gasteiger charge is 2.23. The lowest BCUT2D eigenvalue weighted by Crippen LogP contribution is -2.13. The summed E-state index contributed by atoms with van der Waals surface area (Å²) in [6.07, 6.45) is 1.60. The highest BCUT2D eigenvalue weighted by atomic mass is 32.2. The maximum atomic E-state index is 11.5. The van der Waals surface area contributed by atoms with E-state index in [-0.39, 0.29) is 5.75 Å². The van der Waals surface area contributed by atoms with E-state index in [1.807, 2.05) is 6.07 Å². The van der Waals surface area contributed by atoms with Crippen molar-refractivity contribution in [3.05, 3.63) is 53.1 Å². The molecule has 1 amide bonds. The fraction of sp³-hybridized carbons (Fsp3) is 0.133. The molecule has 2 aromatic rings. The zero-order chi connectivity index (χ0) is 15.2. The van der Waals surface area contributed by atoms with E-state index in [0.717, 1.165) is 28.5 Å². The molecule has 0 bridgehead atoms. The van der Waals surface area contributed by atoms with Crippen LogP contribution in [0.25, 0.3) is 11.1 Å². The molecule has 0 heterocycles. The van der Waals surface area contributed by atoms with E-state index < -0.39 is 16.0 Å². The first kappa shape index (κ1) is 13.6. The summed E-state index contributed by atoms with van der Waals surface area (Å²) >= 11 is 0. The van der Waals surface area contributed by atoms with Crippen LogP contribution in [0.1, 0.15) is 21.5 Å². The van der Waals surface area contributed by atoms with Gasteiger partial charge in [0, 0.05) is 5.56 Å². The fourth-order valence-electron chi connectivity index (χ4n) is 2.64. The number of hydrogen-bond acceptors (Lipinski definition) is 4. The number of primary amides is 1. The van der Waals surface area contributed by atoms with Crippen molar-refractivity contribution in [1.82, 2.24) is 0 Å². The van der Waals surface area contributed by atoms with Gasteiger partial charge in [0.15, 0.2) is 0 Å². The topological polar surface area (TPSA) is 86.5 Å². The lowest BCUT2D eigenvalue weighted by Gasteiger charge is -2.06. The van der Waals surface area contributed by atoms with Crippen LogP contribution < -0.4 is 9.92 Å². The first-order valence-electron chi connectivity index (χ1n) is 6.29. The minimum absolute atomic E-state index is 0.258. The third kappa shape index (κ3) is 2.50. The van der Waals surface area contributed by atoms with Gasteiger partial charge >= 0.3 is 10.1 Å². The SMILES string of the molecule is CS(=O)(=O)Oc1ccc2c(c1)-c1cccc(C(N)=O)c1C2. The summed E-state index contributed by atoms with van der Waals surface area (Å²) in [7, 11) is -3.57. The first-order chi connectivity index (χ1) is 9.85. The minimum Gasteiger partial charge on any atom is -0.383 e. The van der Waals surface area contributed by atoms with Crippen LogP contribution in [0.15, 0.2) is 36.4 Å². The highest BCUT2D eigenvalue weighted by Crippen LogP contribution is 2.40. The van der Waals surface area contributed by atoms with Gasteiger partial charge in [0.2, 0.25) is 5.91 Å². The van der Waals surface area contributed by atoms with Gasteiger partial charge in [-0.15, -0.1) is 0 Å². The molecule has 0 fully saturated rings. The Balaban J connectivity index is 2.12. The number of hydrogen-bond donors (Lipinski definition) is 1. The minimum atomic E-state index is -3.57. The molecule has 0 saturated carbocycles. The molecule has 0 aromatic heterocycles. The third-order valence-corrected chi connectivity index (χ3v) is 3.92. The van der Waals surface area contributed by atoms with Gasteiger partial charge in [-0.05, 0) is 46.9 Å². The second kappa shape index (κ2) is 4.60. The lowest BCUT2D eigenvalue weighted by molar-refractivity contribution is 0.0999. The molecule has 3 rings (SSSR count). The Hall–Kier alpha value is -2.34. The molecule has 2 N–H and O–H groups in total. The standard InChI is InChI=1S/C15H13NO4S/c1-21(18,19)20-10-6-5-9-7-14-11(13(9)8-10)3-2-4-12(14)15(16)17/h2-6,8H,7H2,1H3,(H2,16,17). The van der Waals surface area contributed by atoms with Crippen LogP contribution >= 0.6 is 0 Å². The van der Waals surface area contributed by atoms with Gasteiger partial charge in [0.05, 0.1) is 6.26 Å². The molecule has 108 valence electrons. The van der Waals surface area contributed by atoms with Crippen molar-refractivity contribution in [2.45, 2.75) is 6.42 Å². The van der Waals surface area contributed by atoms with Crippen LogP contribution in [0.4, 0.5) is 0 Å². The van der Waals surface area contributed by atoms with E-state index in [0.29, 0.717) is 12.0 Å². The largest absolute Gasteiger partial charge is 0.383 e. The van der Waals surface area contributed by atoms with Gasteiger partial charge in [0.25, 0.3) is 0 Å². The summed E-state index contributed by atoms with van der Waals surface area (Å²) in [5.74, 6) is -0.208. The highest BCUT2D eigenvalue weighted by molar-refractivity contribution is 7.86. The van der Waals surface area contributed by atoms with Crippen molar-refractivity contribution < 1.29 is 17.4 Å². The number of carbonyl (C=O) groups excluding carboxylic acids is 1. The van der Waals surface area contributed by atoms with Crippen molar-refractivity contribution in [3.63, 3.8) is 0 Å². The van der Waals surface area contributed by atoms with Crippen LogP contribution in [0.3, 0.4) is 0 Å². The van der Waals surface area contributed by atoms with Crippen molar-refractivity contribution in [3.8, 4) is 16.9 Å². The molecule has 1 aliphatic rings. The summed E-state index contributed by atoms with van der Waals surface area (Å²) in [6, 6.07) is 10.4. The van der Waals surface area contributed by atoms with Gasteiger partial charge in [-0.1, -0.05) is 18.2 Å². The van der Waals surface area contributed by atoms with Crippen molar-refractivity contribution in [2.75, 3.05) is 6.26 Å². The van der Waals surface area contributed by atoms with E-state index >= 15 is 0 Å². The Morgan fingerprint density at radius 1 is 1.19 bits per heavy atom. The Kier molecular flexibility index (Phi) is 2.98. The average molecular weight is 303 g/mol. The predicted molar refractivity (Wildman–Crippen MR) is 78.7 cm³/mol. The van der Waals surface area contributed by atoms with Crippen molar-refractivity contribution >= 4 is 16.0 Å². The van der Waals surface area contributed by atoms with Crippen LogP contribution in [0.5, 0.6) is 5.75 Å². The number of nitrogens with two attached hydrogens (primary N) is 1. The molecule has 2 aromatic carbocycles. The quantitative estimate of drug-likeness (QED) is 0.746. The van der Waals surface area contributed by atoms with Gasteiger partial charge in [-0.3, -0.25) is 4.79 Å². The van der Waals surface area contributed by atoms with E-state index in [1.54, 1.807) is 30.3 Å². The number of amides is 1. The van der Waals surface area contributed by atoms with Gasteiger partial charge in [0.1, 0.15) is 5.75 Å². The van der Waals surface area contributed by atoms with Crippen molar-refractivity contribution in [1.29, 1.82) is 0 Å². The van der Waals surface area contributed by atoms with Crippen LogP contribution in [0.2, 0.25) is 0 Å². The molecule has 6 heteroatoms. The molecule has 0 saturated heterocycles. The van der Waals surface area contributed by atoms with Crippen molar-refractivity contribution in [2.24, 2.45) is 5.73 Å². The molecule has 21 heavy (non-hydrogen) atoms. The maximum absolute atomic E-state index is 11.5. The number of carbonyl (C=O) groups is 1. The second-order valence-electron chi connectivity index (χ2n) is 4.98. The fourth-order valence-corrected chi connectivity index (χ4v) is 3.09. The number of rotatable bonds is 3. The summed E-state index contributed by atoms with van der Waals surface area (Å²) in [5.41, 5.74) is 9.53. The van der Waals surface area contributed by atoms with E-state index in [2.05, 4.69) is 0 Å². The molecule has 0 spiro atoms. The zero-order valence-electron chi connectivity index (χ0n) is 11.3. The summed E-state index contributed by atoms with van der Waals surface area (Å²) in [6.45, 7) is 0.